The molecule has 1 fully saturated rings. The second kappa shape index (κ2) is 9.63. The number of aliphatic hydroxyl groups is 1. The first kappa shape index (κ1) is 20.9. The molecular formula is C27H29NO4. The summed E-state index contributed by atoms with van der Waals surface area (Å²) in [5, 5.41) is 10.6. The number of hydrogen-bond acceptors (Lipinski definition) is 5. The Bertz CT molecular complexity index is 1020. The highest BCUT2D eigenvalue weighted by Crippen LogP contribution is 2.38. The normalized spacial score (nSPS) is 19.0. The van der Waals surface area contributed by atoms with Crippen LogP contribution in [0.1, 0.15) is 24.4 Å². The van der Waals surface area contributed by atoms with Crippen molar-refractivity contribution >= 4 is 0 Å². The minimum absolute atomic E-state index is 0.273. The molecule has 32 heavy (non-hydrogen) atoms. The van der Waals surface area contributed by atoms with Crippen molar-refractivity contribution < 1.29 is 19.3 Å². The molecule has 5 rings (SSSR count). The first-order chi connectivity index (χ1) is 15.8. The second-order valence-electron chi connectivity index (χ2n) is 8.41. The number of nitrogens with zero attached hydrogens (tertiary/aromatic N) is 1. The van der Waals surface area contributed by atoms with Gasteiger partial charge in [-0.3, -0.25) is 4.90 Å². The lowest BCUT2D eigenvalue weighted by molar-refractivity contribution is 0.0637. The van der Waals surface area contributed by atoms with Gasteiger partial charge in [0.05, 0.1) is 0 Å². The fourth-order valence-corrected chi connectivity index (χ4v) is 4.58. The van der Waals surface area contributed by atoms with Crippen molar-refractivity contribution in [3.8, 4) is 28.4 Å². The van der Waals surface area contributed by atoms with Gasteiger partial charge in [-0.2, -0.15) is 0 Å². The number of fused-ring (bicyclic) bond motifs is 1. The van der Waals surface area contributed by atoms with E-state index in [2.05, 4.69) is 41.3 Å². The molecule has 166 valence electrons. The highest BCUT2D eigenvalue weighted by atomic mass is 16.6. The maximum atomic E-state index is 10.6. The molecule has 0 amide bonds. The topological polar surface area (TPSA) is 51.2 Å². The van der Waals surface area contributed by atoms with Crippen LogP contribution in [0.15, 0.2) is 72.8 Å². The lowest BCUT2D eigenvalue weighted by atomic mass is 10.0. The van der Waals surface area contributed by atoms with E-state index in [1.165, 1.54) is 11.1 Å². The summed E-state index contributed by atoms with van der Waals surface area (Å²) in [6, 6.07) is 24.8. The van der Waals surface area contributed by atoms with E-state index in [0.29, 0.717) is 19.8 Å². The van der Waals surface area contributed by atoms with Crippen molar-refractivity contribution in [1.82, 2.24) is 4.90 Å². The van der Waals surface area contributed by atoms with Crippen LogP contribution >= 0.6 is 0 Å². The Balaban J connectivity index is 1.16. The van der Waals surface area contributed by atoms with Gasteiger partial charge in [0.2, 0.25) is 0 Å². The molecule has 1 saturated heterocycles. The molecule has 3 aromatic rings. The zero-order valence-corrected chi connectivity index (χ0v) is 18.2. The van der Waals surface area contributed by atoms with Crippen LogP contribution in [0.25, 0.3) is 11.1 Å². The van der Waals surface area contributed by atoms with Crippen LogP contribution in [0.3, 0.4) is 0 Å². The Morgan fingerprint density at radius 1 is 0.906 bits per heavy atom. The summed E-state index contributed by atoms with van der Waals surface area (Å²) in [5.41, 5.74) is 3.55. The van der Waals surface area contributed by atoms with Crippen LogP contribution in [0.5, 0.6) is 17.2 Å². The largest absolute Gasteiger partial charge is 0.491 e. The van der Waals surface area contributed by atoms with Crippen molar-refractivity contribution in [2.24, 2.45) is 0 Å². The van der Waals surface area contributed by atoms with E-state index >= 15 is 0 Å². The molecule has 2 heterocycles. The standard InChI is InChI=1S/C27H29NO4/c29-23(19-32-24-11-8-21(9-12-24)20-5-2-1-3-6-20)18-28-14-4-7-25(28)22-10-13-26-27(17-22)31-16-15-30-26/h1-3,5-6,8-13,17,23,25,29H,4,7,14-16,18-19H2. The van der Waals surface area contributed by atoms with Gasteiger partial charge in [-0.1, -0.05) is 48.5 Å². The van der Waals surface area contributed by atoms with Crippen molar-refractivity contribution in [3.05, 3.63) is 78.4 Å². The van der Waals surface area contributed by atoms with Crippen molar-refractivity contribution in [2.45, 2.75) is 25.0 Å². The van der Waals surface area contributed by atoms with E-state index in [4.69, 9.17) is 14.2 Å². The van der Waals surface area contributed by atoms with Crippen LogP contribution < -0.4 is 14.2 Å². The second-order valence-corrected chi connectivity index (χ2v) is 8.41. The molecule has 0 spiro atoms. The van der Waals surface area contributed by atoms with E-state index in [1.54, 1.807) is 0 Å². The van der Waals surface area contributed by atoms with Crippen molar-refractivity contribution in [1.29, 1.82) is 0 Å². The van der Waals surface area contributed by atoms with Gasteiger partial charge in [-0.05, 0) is 60.3 Å². The zero-order valence-electron chi connectivity index (χ0n) is 18.2. The third-order valence-corrected chi connectivity index (χ3v) is 6.16. The van der Waals surface area contributed by atoms with Gasteiger partial charge in [-0.15, -0.1) is 0 Å². The van der Waals surface area contributed by atoms with E-state index in [-0.39, 0.29) is 12.6 Å². The molecule has 5 heteroatoms. The number of likely N-dealkylation sites (tertiary alicyclic amines) is 1. The Morgan fingerprint density at radius 3 is 2.47 bits per heavy atom. The van der Waals surface area contributed by atoms with E-state index in [9.17, 15) is 5.11 Å². The predicted molar refractivity (Wildman–Crippen MR) is 124 cm³/mol. The highest BCUT2D eigenvalue weighted by molar-refractivity contribution is 5.63. The van der Waals surface area contributed by atoms with E-state index in [1.807, 2.05) is 36.4 Å². The van der Waals surface area contributed by atoms with Gasteiger partial charge in [0.15, 0.2) is 11.5 Å². The third kappa shape index (κ3) is 4.74. The molecule has 2 aliphatic heterocycles. The molecule has 5 nitrogen and oxygen atoms in total. The molecule has 0 aliphatic carbocycles. The fraction of sp³-hybridized carbons (Fsp3) is 0.333. The number of hydrogen-bond donors (Lipinski definition) is 1. The van der Waals surface area contributed by atoms with Crippen LogP contribution in [0, 0.1) is 0 Å². The van der Waals surface area contributed by atoms with Crippen LogP contribution in [-0.4, -0.2) is 49.0 Å². The summed E-state index contributed by atoms with van der Waals surface area (Å²) in [5.74, 6) is 2.41. The van der Waals surface area contributed by atoms with E-state index < -0.39 is 6.10 Å². The summed E-state index contributed by atoms with van der Waals surface area (Å²) in [6.45, 7) is 3.02. The fourth-order valence-electron chi connectivity index (χ4n) is 4.58. The summed E-state index contributed by atoms with van der Waals surface area (Å²) < 4.78 is 17.3. The number of aliphatic hydroxyl groups excluding tert-OH is 1. The molecule has 3 aromatic carbocycles. The van der Waals surface area contributed by atoms with Crippen LogP contribution in [0.2, 0.25) is 0 Å². The number of ether oxygens (including phenoxy) is 3. The molecule has 0 saturated carbocycles. The van der Waals surface area contributed by atoms with Gasteiger partial charge >= 0.3 is 0 Å². The van der Waals surface area contributed by atoms with Crippen molar-refractivity contribution in [2.75, 3.05) is 32.9 Å². The molecule has 0 bridgehead atoms. The molecule has 1 N–H and O–H groups in total. The molecule has 2 aliphatic rings. The molecule has 0 aromatic heterocycles. The average molecular weight is 432 g/mol. The monoisotopic (exact) mass is 431 g/mol. The molecule has 2 atom stereocenters. The van der Waals surface area contributed by atoms with Gasteiger partial charge in [0.25, 0.3) is 0 Å². The number of β-amino-alcohol motifs (C(OH)–C–C–N with tert-alkyl or cyclic N) is 1. The van der Waals surface area contributed by atoms with Gasteiger partial charge in [0, 0.05) is 12.6 Å². The average Bonchev–Trinajstić information content (AvgIpc) is 3.31. The summed E-state index contributed by atoms with van der Waals surface area (Å²) in [7, 11) is 0. The minimum Gasteiger partial charge on any atom is -0.491 e. The quantitative estimate of drug-likeness (QED) is 0.588. The maximum Gasteiger partial charge on any atom is 0.161 e. The summed E-state index contributed by atoms with van der Waals surface area (Å²) >= 11 is 0. The Morgan fingerprint density at radius 2 is 1.66 bits per heavy atom. The Labute approximate surface area is 189 Å². The first-order valence-electron chi connectivity index (χ1n) is 11.4. The van der Waals surface area contributed by atoms with E-state index in [0.717, 1.165) is 42.2 Å². The smallest absolute Gasteiger partial charge is 0.161 e. The third-order valence-electron chi connectivity index (χ3n) is 6.16. The van der Waals surface area contributed by atoms with Crippen LogP contribution in [-0.2, 0) is 0 Å². The van der Waals surface area contributed by atoms with Crippen LogP contribution in [0.4, 0.5) is 0 Å². The Hall–Kier alpha value is -3.02. The summed E-state index contributed by atoms with van der Waals surface area (Å²) in [4.78, 5) is 2.35. The zero-order chi connectivity index (χ0) is 21.8. The summed E-state index contributed by atoms with van der Waals surface area (Å²) in [6.07, 6.45) is 1.64. The maximum absolute atomic E-state index is 10.6. The molecule has 2 unspecified atom stereocenters. The van der Waals surface area contributed by atoms with Crippen molar-refractivity contribution in [3.63, 3.8) is 0 Å². The lowest BCUT2D eigenvalue weighted by Gasteiger charge is -2.28. The predicted octanol–water partition coefficient (Wildman–Crippen LogP) is 4.70. The number of benzene rings is 3. The Kier molecular flexibility index (Phi) is 6.28. The SMILES string of the molecule is OC(COc1ccc(-c2ccccc2)cc1)CN1CCCC1c1ccc2c(c1)OCCO2. The molecular weight excluding hydrogens is 402 g/mol. The number of rotatable bonds is 7. The van der Waals surface area contributed by atoms with Gasteiger partial charge < -0.3 is 19.3 Å². The van der Waals surface area contributed by atoms with Gasteiger partial charge in [-0.25, -0.2) is 0 Å². The highest BCUT2D eigenvalue weighted by Gasteiger charge is 2.29. The first-order valence-corrected chi connectivity index (χ1v) is 11.4. The van der Waals surface area contributed by atoms with Gasteiger partial charge in [0.1, 0.15) is 31.7 Å². The lowest BCUT2D eigenvalue weighted by Crippen LogP contribution is -2.35. The molecule has 0 radical (unpaired) electrons. The minimum atomic E-state index is -0.554.